The van der Waals surface area contributed by atoms with Crippen LogP contribution in [-0.4, -0.2) is 60.5 Å². The van der Waals surface area contributed by atoms with E-state index in [0.717, 1.165) is 19.6 Å². The molecule has 1 aliphatic carbocycles. The van der Waals surface area contributed by atoms with Crippen LogP contribution in [0.25, 0.3) is 0 Å². The zero-order chi connectivity index (χ0) is 11.0. The van der Waals surface area contributed by atoms with Gasteiger partial charge < -0.3 is 10.2 Å². The number of piperazine rings is 1. The van der Waals surface area contributed by atoms with E-state index in [1.54, 1.807) is 0 Å². The van der Waals surface area contributed by atoms with E-state index in [0.29, 0.717) is 24.5 Å². The molecule has 3 rings (SSSR count). The van der Waals surface area contributed by atoms with Crippen molar-refractivity contribution in [2.45, 2.75) is 37.8 Å². The first-order chi connectivity index (χ1) is 7.83. The second kappa shape index (κ2) is 4.34. The highest BCUT2D eigenvalue weighted by molar-refractivity contribution is 5.78. The van der Waals surface area contributed by atoms with E-state index in [9.17, 15) is 4.79 Å². The topological polar surface area (TPSA) is 35.6 Å². The van der Waals surface area contributed by atoms with Gasteiger partial charge in [-0.2, -0.15) is 0 Å². The Kier molecular flexibility index (Phi) is 2.86. The summed E-state index contributed by atoms with van der Waals surface area (Å²) < 4.78 is 0. The van der Waals surface area contributed by atoms with Crippen LogP contribution in [0, 0.1) is 0 Å². The van der Waals surface area contributed by atoms with Crippen LogP contribution in [0.5, 0.6) is 0 Å². The molecule has 16 heavy (non-hydrogen) atoms. The lowest BCUT2D eigenvalue weighted by Crippen LogP contribution is -2.53. The Hall–Kier alpha value is -0.610. The smallest absolute Gasteiger partial charge is 0.236 e. The van der Waals surface area contributed by atoms with Crippen molar-refractivity contribution < 1.29 is 4.79 Å². The molecule has 0 bridgehead atoms. The van der Waals surface area contributed by atoms with Crippen molar-refractivity contribution in [3.63, 3.8) is 0 Å². The maximum absolute atomic E-state index is 12.0. The summed E-state index contributed by atoms with van der Waals surface area (Å²) in [5.41, 5.74) is 0. The SMILES string of the molecule is O=C(CNC1CC1)N1CCN2CCCC2C1. The number of rotatable bonds is 3. The van der Waals surface area contributed by atoms with Gasteiger partial charge >= 0.3 is 0 Å². The van der Waals surface area contributed by atoms with Gasteiger partial charge in [-0.05, 0) is 32.2 Å². The Labute approximate surface area is 97.0 Å². The molecule has 90 valence electrons. The Morgan fingerprint density at radius 3 is 2.88 bits per heavy atom. The van der Waals surface area contributed by atoms with Crippen LogP contribution >= 0.6 is 0 Å². The largest absolute Gasteiger partial charge is 0.339 e. The maximum Gasteiger partial charge on any atom is 0.236 e. The summed E-state index contributed by atoms with van der Waals surface area (Å²) >= 11 is 0. The van der Waals surface area contributed by atoms with Crippen LogP contribution in [0.4, 0.5) is 0 Å². The molecule has 0 aromatic heterocycles. The van der Waals surface area contributed by atoms with Gasteiger partial charge in [0.1, 0.15) is 0 Å². The van der Waals surface area contributed by atoms with Crippen molar-refractivity contribution >= 4 is 5.91 Å². The molecule has 0 aromatic rings. The average Bonchev–Trinajstić information content (AvgIpc) is 3.01. The fourth-order valence-corrected chi connectivity index (χ4v) is 2.85. The van der Waals surface area contributed by atoms with Crippen molar-refractivity contribution in [2.24, 2.45) is 0 Å². The standard InChI is InChI=1S/C12H21N3O/c16-12(8-13-10-3-4-10)15-7-6-14-5-1-2-11(14)9-15/h10-11,13H,1-9H2. The zero-order valence-electron chi connectivity index (χ0n) is 9.82. The summed E-state index contributed by atoms with van der Waals surface area (Å²) in [6.45, 7) is 4.77. The molecule has 0 aromatic carbocycles. The van der Waals surface area contributed by atoms with E-state index in [-0.39, 0.29) is 0 Å². The molecule has 3 fully saturated rings. The van der Waals surface area contributed by atoms with Crippen LogP contribution < -0.4 is 5.32 Å². The predicted molar refractivity (Wildman–Crippen MR) is 62.2 cm³/mol. The first-order valence-electron chi connectivity index (χ1n) is 6.58. The molecular formula is C12H21N3O. The van der Waals surface area contributed by atoms with Gasteiger partial charge in [-0.1, -0.05) is 0 Å². The van der Waals surface area contributed by atoms with Gasteiger partial charge in [-0.3, -0.25) is 9.69 Å². The average molecular weight is 223 g/mol. The molecule has 1 saturated carbocycles. The summed E-state index contributed by atoms with van der Waals surface area (Å²) in [7, 11) is 0. The van der Waals surface area contributed by atoms with Gasteiger partial charge in [0.15, 0.2) is 0 Å². The molecule has 0 spiro atoms. The molecule has 4 nitrogen and oxygen atoms in total. The Morgan fingerprint density at radius 2 is 2.06 bits per heavy atom. The number of fused-ring (bicyclic) bond motifs is 1. The third-order valence-corrected chi connectivity index (χ3v) is 4.06. The Balaban J connectivity index is 1.48. The highest BCUT2D eigenvalue weighted by Gasteiger charge is 2.32. The van der Waals surface area contributed by atoms with Gasteiger partial charge in [0.25, 0.3) is 0 Å². The van der Waals surface area contributed by atoms with E-state index in [1.807, 2.05) is 0 Å². The first-order valence-corrected chi connectivity index (χ1v) is 6.58. The van der Waals surface area contributed by atoms with E-state index in [2.05, 4.69) is 15.1 Å². The summed E-state index contributed by atoms with van der Waals surface area (Å²) in [4.78, 5) is 16.6. The highest BCUT2D eigenvalue weighted by atomic mass is 16.2. The fourth-order valence-electron chi connectivity index (χ4n) is 2.85. The second-order valence-electron chi connectivity index (χ2n) is 5.33. The number of carbonyl (C=O) groups excluding carboxylic acids is 1. The minimum atomic E-state index is 0.304. The Morgan fingerprint density at radius 1 is 1.19 bits per heavy atom. The zero-order valence-corrected chi connectivity index (χ0v) is 9.82. The number of hydrogen-bond donors (Lipinski definition) is 1. The molecule has 1 N–H and O–H groups in total. The lowest BCUT2D eigenvalue weighted by molar-refractivity contribution is -0.132. The molecule has 1 unspecified atom stereocenters. The minimum absolute atomic E-state index is 0.304. The van der Waals surface area contributed by atoms with Crippen LogP contribution in [0.2, 0.25) is 0 Å². The van der Waals surface area contributed by atoms with Gasteiger partial charge in [-0.15, -0.1) is 0 Å². The van der Waals surface area contributed by atoms with Crippen molar-refractivity contribution in [1.29, 1.82) is 0 Å². The van der Waals surface area contributed by atoms with E-state index in [1.165, 1.54) is 32.2 Å². The highest BCUT2D eigenvalue weighted by Crippen LogP contribution is 2.22. The van der Waals surface area contributed by atoms with E-state index >= 15 is 0 Å². The maximum atomic E-state index is 12.0. The van der Waals surface area contributed by atoms with Crippen molar-refractivity contribution in [3.8, 4) is 0 Å². The van der Waals surface area contributed by atoms with Crippen LogP contribution in [0.3, 0.4) is 0 Å². The monoisotopic (exact) mass is 223 g/mol. The van der Waals surface area contributed by atoms with Gasteiger partial charge in [0.2, 0.25) is 5.91 Å². The second-order valence-corrected chi connectivity index (χ2v) is 5.33. The van der Waals surface area contributed by atoms with Crippen LogP contribution in [-0.2, 0) is 4.79 Å². The minimum Gasteiger partial charge on any atom is -0.339 e. The molecule has 4 heteroatoms. The number of amides is 1. The normalized spacial score (nSPS) is 30.5. The number of carbonyl (C=O) groups is 1. The van der Waals surface area contributed by atoms with Crippen LogP contribution in [0.1, 0.15) is 25.7 Å². The third kappa shape index (κ3) is 2.23. The van der Waals surface area contributed by atoms with Gasteiger partial charge in [-0.25, -0.2) is 0 Å². The molecule has 2 aliphatic heterocycles. The van der Waals surface area contributed by atoms with E-state index in [4.69, 9.17) is 0 Å². The van der Waals surface area contributed by atoms with Crippen LogP contribution in [0.15, 0.2) is 0 Å². The molecular weight excluding hydrogens is 202 g/mol. The van der Waals surface area contributed by atoms with Gasteiger partial charge in [0.05, 0.1) is 6.54 Å². The summed E-state index contributed by atoms with van der Waals surface area (Å²) in [5.74, 6) is 0.304. The first kappa shape index (κ1) is 10.5. The molecule has 2 saturated heterocycles. The lowest BCUT2D eigenvalue weighted by Gasteiger charge is -2.37. The lowest BCUT2D eigenvalue weighted by atomic mass is 10.1. The summed E-state index contributed by atoms with van der Waals surface area (Å²) in [5, 5.41) is 3.31. The van der Waals surface area contributed by atoms with E-state index < -0.39 is 0 Å². The fraction of sp³-hybridized carbons (Fsp3) is 0.917. The molecule has 2 heterocycles. The number of nitrogens with one attached hydrogen (secondary N) is 1. The predicted octanol–water partition coefficient (Wildman–Crippen LogP) is 0.0450. The Bertz CT molecular complexity index is 277. The van der Waals surface area contributed by atoms with Crippen molar-refractivity contribution in [2.75, 3.05) is 32.7 Å². The third-order valence-electron chi connectivity index (χ3n) is 4.06. The molecule has 3 aliphatic rings. The van der Waals surface area contributed by atoms with Crippen molar-refractivity contribution in [3.05, 3.63) is 0 Å². The quantitative estimate of drug-likeness (QED) is 0.734. The summed E-state index contributed by atoms with van der Waals surface area (Å²) in [6.07, 6.45) is 5.10. The molecule has 1 amide bonds. The molecule has 1 atom stereocenters. The number of hydrogen-bond acceptors (Lipinski definition) is 3. The molecule has 0 radical (unpaired) electrons. The summed E-state index contributed by atoms with van der Waals surface area (Å²) in [6, 6.07) is 1.29. The number of nitrogens with zero attached hydrogens (tertiary/aromatic N) is 2. The van der Waals surface area contributed by atoms with Crippen molar-refractivity contribution in [1.82, 2.24) is 15.1 Å². The van der Waals surface area contributed by atoms with Gasteiger partial charge in [0, 0.05) is 31.7 Å².